The molecule has 2 aromatic heterocycles. The lowest BCUT2D eigenvalue weighted by Gasteiger charge is -2.01. The minimum Gasteiger partial charge on any atom is -0.338 e. The lowest BCUT2D eigenvalue weighted by Crippen LogP contribution is -1.93. The zero-order chi connectivity index (χ0) is 18.2. The number of H-pyrrole nitrogens is 1. The molecular weight excluding hydrogens is 400 g/mol. The number of imidazole rings is 1. The van der Waals surface area contributed by atoms with Gasteiger partial charge in [0.2, 0.25) is 0 Å². The van der Waals surface area contributed by atoms with Crippen LogP contribution in [0.1, 0.15) is 0 Å². The number of benzene rings is 3. The van der Waals surface area contributed by atoms with Crippen molar-refractivity contribution < 1.29 is 0 Å². The van der Waals surface area contributed by atoms with Crippen LogP contribution >= 0.6 is 15.9 Å². The van der Waals surface area contributed by atoms with Gasteiger partial charge in [0.1, 0.15) is 11.5 Å². The molecule has 130 valence electrons. The highest BCUT2D eigenvalue weighted by Gasteiger charge is 2.17. The molecule has 5 heteroatoms. The molecule has 0 amide bonds. The Hall–Kier alpha value is -3.18. The summed E-state index contributed by atoms with van der Waals surface area (Å²) >= 11 is 3.50. The molecule has 2 heterocycles. The summed E-state index contributed by atoms with van der Waals surface area (Å²) in [6.45, 7) is 0. The largest absolute Gasteiger partial charge is 0.338 e. The van der Waals surface area contributed by atoms with E-state index in [2.05, 4.69) is 33.0 Å². The average molecular weight is 415 g/mol. The fourth-order valence-corrected chi connectivity index (χ4v) is 3.43. The van der Waals surface area contributed by atoms with E-state index >= 15 is 0 Å². The number of hydrogen-bond donors (Lipinski definition) is 1. The summed E-state index contributed by atoms with van der Waals surface area (Å²) < 4.78 is 2.94. The van der Waals surface area contributed by atoms with E-state index in [9.17, 15) is 0 Å². The Bertz CT molecular complexity index is 1190. The summed E-state index contributed by atoms with van der Waals surface area (Å²) in [5.41, 5.74) is 5.88. The van der Waals surface area contributed by atoms with Gasteiger partial charge < -0.3 is 4.98 Å². The van der Waals surface area contributed by atoms with Gasteiger partial charge in [-0.15, -0.1) is 0 Å². The fourth-order valence-electron chi connectivity index (χ4n) is 3.16. The number of halogens is 1. The molecule has 0 aliphatic carbocycles. The van der Waals surface area contributed by atoms with Crippen molar-refractivity contribution in [2.24, 2.45) is 0 Å². The van der Waals surface area contributed by atoms with Gasteiger partial charge in [-0.1, -0.05) is 58.4 Å². The number of rotatable bonds is 3. The first-order chi connectivity index (χ1) is 13.3. The number of aromatic nitrogens is 4. The fraction of sp³-hybridized carbons (Fsp3) is 0. The standard InChI is InChI=1S/C22H15BrN4/c23-16-12-10-15(11-13-16)21-18(14-27(26-21)17-6-2-1-3-7-17)22-24-19-8-4-5-9-20(19)25-22/h1-14H,(H,24,25). The van der Waals surface area contributed by atoms with Crippen LogP contribution in [0.2, 0.25) is 0 Å². The molecule has 5 rings (SSSR count). The summed E-state index contributed by atoms with van der Waals surface area (Å²) in [6.07, 6.45) is 2.03. The topological polar surface area (TPSA) is 46.5 Å². The van der Waals surface area contributed by atoms with Crippen molar-refractivity contribution in [3.8, 4) is 28.3 Å². The van der Waals surface area contributed by atoms with Crippen molar-refractivity contribution in [2.75, 3.05) is 0 Å². The van der Waals surface area contributed by atoms with Crippen LogP contribution in [0.5, 0.6) is 0 Å². The monoisotopic (exact) mass is 414 g/mol. The van der Waals surface area contributed by atoms with Crippen molar-refractivity contribution in [1.29, 1.82) is 0 Å². The molecule has 0 spiro atoms. The zero-order valence-electron chi connectivity index (χ0n) is 14.3. The van der Waals surface area contributed by atoms with Crippen LogP contribution in [0.4, 0.5) is 0 Å². The Kier molecular flexibility index (Phi) is 3.87. The van der Waals surface area contributed by atoms with E-state index in [-0.39, 0.29) is 0 Å². The van der Waals surface area contributed by atoms with Gasteiger partial charge in [-0.05, 0) is 36.4 Å². The smallest absolute Gasteiger partial charge is 0.142 e. The predicted octanol–water partition coefficient (Wildman–Crippen LogP) is 5.85. The molecule has 3 aromatic carbocycles. The minimum atomic E-state index is 0.816. The maximum atomic E-state index is 4.87. The second-order valence-corrected chi connectivity index (χ2v) is 7.20. The summed E-state index contributed by atoms with van der Waals surface area (Å²) in [5.74, 6) is 0.816. The van der Waals surface area contributed by atoms with Crippen molar-refractivity contribution in [3.63, 3.8) is 0 Å². The molecule has 0 saturated carbocycles. The van der Waals surface area contributed by atoms with E-state index < -0.39 is 0 Å². The van der Waals surface area contributed by atoms with Crippen LogP contribution in [0, 0.1) is 0 Å². The van der Waals surface area contributed by atoms with Crippen molar-refractivity contribution >= 4 is 27.0 Å². The quantitative estimate of drug-likeness (QED) is 0.402. The number of fused-ring (bicyclic) bond motifs is 1. The number of aromatic amines is 1. The Balaban J connectivity index is 1.72. The molecular formula is C22H15BrN4. The van der Waals surface area contributed by atoms with Crippen molar-refractivity contribution in [3.05, 3.63) is 89.5 Å². The van der Waals surface area contributed by atoms with Gasteiger partial charge in [0, 0.05) is 16.2 Å². The van der Waals surface area contributed by atoms with E-state index in [0.29, 0.717) is 0 Å². The summed E-state index contributed by atoms with van der Waals surface area (Å²) in [7, 11) is 0. The Morgan fingerprint density at radius 3 is 2.33 bits per heavy atom. The maximum absolute atomic E-state index is 4.87. The SMILES string of the molecule is Brc1ccc(-c2nn(-c3ccccc3)cc2-c2nc3ccccc3[nH]2)cc1. The van der Waals surface area contributed by atoms with Gasteiger partial charge in [-0.3, -0.25) is 0 Å². The van der Waals surface area contributed by atoms with Gasteiger partial charge in [-0.2, -0.15) is 5.10 Å². The van der Waals surface area contributed by atoms with Crippen LogP contribution < -0.4 is 0 Å². The van der Waals surface area contributed by atoms with E-state index in [1.807, 2.05) is 77.6 Å². The second kappa shape index (κ2) is 6.52. The van der Waals surface area contributed by atoms with Crippen LogP contribution in [0.15, 0.2) is 89.5 Å². The maximum Gasteiger partial charge on any atom is 0.142 e. The van der Waals surface area contributed by atoms with E-state index in [0.717, 1.165) is 43.8 Å². The first-order valence-corrected chi connectivity index (χ1v) is 9.43. The van der Waals surface area contributed by atoms with Gasteiger partial charge in [-0.25, -0.2) is 9.67 Å². The van der Waals surface area contributed by atoms with Gasteiger partial charge in [0.05, 0.1) is 22.3 Å². The number of para-hydroxylation sites is 3. The normalized spacial score (nSPS) is 11.1. The number of nitrogens with zero attached hydrogens (tertiary/aromatic N) is 3. The molecule has 27 heavy (non-hydrogen) atoms. The van der Waals surface area contributed by atoms with Crippen molar-refractivity contribution in [2.45, 2.75) is 0 Å². The lowest BCUT2D eigenvalue weighted by molar-refractivity contribution is 0.884. The highest BCUT2D eigenvalue weighted by atomic mass is 79.9. The van der Waals surface area contributed by atoms with Crippen LogP contribution in [-0.2, 0) is 0 Å². The summed E-state index contributed by atoms with van der Waals surface area (Å²) in [5, 5.41) is 4.87. The summed E-state index contributed by atoms with van der Waals surface area (Å²) in [6, 6.07) is 26.3. The average Bonchev–Trinajstić information content (AvgIpc) is 3.33. The van der Waals surface area contributed by atoms with Crippen molar-refractivity contribution in [1.82, 2.24) is 19.7 Å². The van der Waals surface area contributed by atoms with Crippen LogP contribution in [0.3, 0.4) is 0 Å². The summed E-state index contributed by atoms with van der Waals surface area (Å²) in [4.78, 5) is 8.20. The molecule has 0 radical (unpaired) electrons. The molecule has 0 bridgehead atoms. The molecule has 0 fully saturated rings. The lowest BCUT2D eigenvalue weighted by atomic mass is 10.1. The molecule has 5 aromatic rings. The molecule has 4 nitrogen and oxygen atoms in total. The Morgan fingerprint density at radius 1 is 0.815 bits per heavy atom. The molecule has 0 unspecified atom stereocenters. The number of nitrogens with one attached hydrogen (secondary N) is 1. The molecule has 0 saturated heterocycles. The second-order valence-electron chi connectivity index (χ2n) is 6.28. The Morgan fingerprint density at radius 2 is 1.56 bits per heavy atom. The molecule has 0 aliphatic heterocycles. The highest BCUT2D eigenvalue weighted by Crippen LogP contribution is 2.32. The van der Waals surface area contributed by atoms with E-state index in [1.54, 1.807) is 0 Å². The minimum absolute atomic E-state index is 0.816. The van der Waals surface area contributed by atoms with Crippen LogP contribution in [-0.4, -0.2) is 19.7 Å². The predicted molar refractivity (Wildman–Crippen MR) is 112 cm³/mol. The van der Waals surface area contributed by atoms with Gasteiger partial charge in [0.15, 0.2) is 0 Å². The van der Waals surface area contributed by atoms with Gasteiger partial charge in [0.25, 0.3) is 0 Å². The zero-order valence-corrected chi connectivity index (χ0v) is 15.9. The van der Waals surface area contributed by atoms with Gasteiger partial charge >= 0.3 is 0 Å². The third-order valence-corrected chi connectivity index (χ3v) is 5.03. The van der Waals surface area contributed by atoms with E-state index in [1.165, 1.54) is 0 Å². The molecule has 0 atom stereocenters. The first kappa shape index (κ1) is 16.0. The van der Waals surface area contributed by atoms with Crippen LogP contribution in [0.25, 0.3) is 39.4 Å². The Labute approximate surface area is 164 Å². The molecule has 1 N–H and O–H groups in total. The third kappa shape index (κ3) is 2.96. The third-order valence-electron chi connectivity index (χ3n) is 4.50. The molecule has 0 aliphatic rings. The highest BCUT2D eigenvalue weighted by molar-refractivity contribution is 9.10. The first-order valence-electron chi connectivity index (χ1n) is 8.64. The number of hydrogen-bond acceptors (Lipinski definition) is 2. The van der Waals surface area contributed by atoms with E-state index in [4.69, 9.17) is 10.1 Å².